The molecule has 1 atom stereocenters. The molecule has 0 radical (unpaired) electrons. The first-order valence-electron chi connectivity index (χ1n) is 7.18. The number of sulfonamides is 1. The lowest BCUT2D eigenvalue weighted by Gasteiger charge is -2.33. The molecule has 1 unspecified atom stereocenters. The van der Waals surface area contributed by atoms with Crippen molar-refractivity contribution in [3.63, 3.8) is 0 Å². The molecule has 2 aromatic carbocycles. The van der Waals surface area contributed by atoms with Gasteiger partial charge in [0.15, 0.2) is 0 Å². The lowest BCUT2D eigenvalue weighted by Crippen LogP contribution is -2.36. The topological polar surface area (TPSA) is 37.4 Å². The van der Waals surface area contributed by atoms with Crippen molar-refractivity contribution >= 4 is 15.7 Å². The van der Waals surface area contributed by atoms with E-state index in [9.17, 15) is 8.42 Å². The number of para-hydroxylation sites is 1. The molecule has 0 aromatic heterocycles. The van der Waals surface area contributed by atoms with Crippen molar-refractivity contribution in [1.82, 2.24) is 0 Å². The van der Waals surface area contributed by atoms with E-state index in [4.69, 9.17) is 0 Å². The average Bonchev–Trinajstić information content (AvgIpc) is 2.48. The molecule has 3 nitrogen and oxygen atoms in total. The van der Waals surface area contributed by atoms with Gasteiger partial charge in [-0.2, -0.15) is 0 Å². The molecule has 0 N–H and O–H groups in total. The molecule has 0 amide bonds. The summed E-state index contributed by atoms with van der Waals surface area (Å²) in [6.07, 6.45) is 0.849. The fraction of sp³-hybridized carbons (Fsp3) is 0.294. The number of nitrogens with zero attached hydrogens (tertiary/aromatic N) is 1. The number of fused-ring (bicyclic) bond motifs is 1. The Bertz CT molecular complexity index is 751. The van der Waals surface area contributed by atoms with Gasteiger partial charge in [-0.25, -0.2) is 8.42 Å². The van der Waals surface area contributed by atoms with Crippen LogP contribution >= 0.6 is 0 Å². The summed E-state index contributed by atoms with van der Waals surface area (Å²) < 4.78 is 27.3. The van der Waals surface area contributed by atoms with Gasteiger partial charge in [0, 0.05) is 6.54 Å². The summed E-state index contributed by atoms with van der Waals surface area (Å²) in [4.78, 5) is 0.359. The maximum absolute atomic E-state index is 12.9. The minimum atomic E-state index is -3.48. The predicted octanol–water partition coefficient (Wildman–Crippen LogP) is 3.70. The Morgan fingerprint density at radius 2 is 1.71 bits per heavy atom. The van der Waals surface area contributed by atoms with Crippen LogP contribution in [0.5, 0.6) is 0 Å². The second-order valence-corrected chi connectivity index (χ2v) is 7.50. The molecule has 0 saturated heterocycles. The van der Waals surface area contributed by atoms with E-state index in [2.05, 4.69) is 6.92 Å². The summed E-state index contributed by atoms with van der Waals surface area (Å²) in [5.41, 5.74) is 2.98. The van der Waals surface area contributed by atoms with Gasteiger partial charge in [-0.15, -0.1) is 0 Å². The van der Waals surface area contributed by atoms with Crippen molar-refractivity contribution < 1.29 is 8.42 Å². The van der Waals surface area contributed by atoms with Crippen LogP contribution in [-0.2, 0) is 10.0 Å². The molecule has 2 aromatic rings. The van der Waals surface area contributed by atoms with E-state index in [1.54, 1.807) is 16.4 Å². The molecule has 0 spiro atoms. The van der Waals surface area contributed by atoms with Crippen molar-refractivity contribution in [1.29, 1.82) is 0 Å². The number of hydrogen-bond acceptors (Lipinski definition) is 2. The van der Waals surface area contributed by atoms with Gasteiger partial charge >= 0.3 is 0 Å². The van der Waals surface area contributed by atoms with Gasteiger partial charge in [0.1, 0.15) is 0 Å². The first-order chi connectivity index (χ1) is 10.00. The first-order valence-corrected chi connectivity index (χ1v) is 8.62. The molecule has 1 heterocycles. The minimum Gasteiger partial charge on any atom is -0.266 e. The maximum Gasteiger partial charge on any atom is 0.264 e. The zero-order valence-corrected chi connectivity index (χ0v) is 13.1. The van der Waals surface area contributed by atoms with Gasteiger partial charge in [-0.3, -0.25) is 4.31 Å². The van der Waals surface area contributed by atoms with Crippen LogP contribution in [0, 0.1) is 6.92 Å². The van der Waals surface area contributed by atoms with Gasteiger partial charge in [-0.1, -0.05) is 42.8 Å². The quantitative estimate of drug-likeness (QED) is 0.848. The van der Waals surface area contributed by atoms with Gasteiger partial charge in [-0.05, 0) is 43.0 Å². The Morgan fingerprint density at radius 1 is 1.05 bits per heavy atom. The molecule has 21 heavy (non-hydrogen) atoms. The van der Waals surface area contributed by atoms with Crippen LogP contribution in [0.25, 0.3) is 0 Å². The second kappa shape index (κ2) is 5.19. The number of anilines is 1. The predicted molar refractivity (Wildman–Crippen MR) is 85.2 cm³/mol. The van der Waals surface area contributed by atoms with Crippen LogP contribution in [0.1, 0.15) is 30.4 Å². The van der Waals surface area contributed by atoms with Gasteiger partial charge < -0.3 is 0 Å². The van der Waals surface area contributed by atoms with Crippen molar-refractivity contribution in [2.24, 2.45) is 0 Å². The molecular weight excluding hydrogens is 282 g/mol. The molecule has 1 aliphatic rings. The van der Waals surface area contributed by atoms with Crippen LogP contribution in [-0.4, -0.2) is 15.0 Å². The highest BCUT2D eigenvalue weighted by Crippen LogP contribution is 2.37. The summed E-state index contributed by atoms with van der Waals surface area (Å²) in [6, 6.07) is 14.8. The van der Waals surface area contributed by atoms with Crippen molar-refractivity contribution in [2.75, 3.05) is 10.8 Å². The molecular formula is C17H19NO2S. The Kier molecular flexibility index (Phi) is 3.49. The van der Waals surface area contributed by atoms with Crippen LogP contribution < -0.4 is 4.31 Å². The molecule has 3 rings (SSSR count). The zero-order chi connectivity index (χ0) is 15.0. The van der Waals surface area contributed by atoms with E-state index in [0.29, 0.717) is 17.4 Å². The first kappa shape index (κ1) is 14.1. The fourth-order valence-electron chi connectivity index (χ4n) is 2.81. The number of rotatable bonds is 2. The molecule has 0 fully saturated rings. The van der Waals surface area contributed by atoms with Crippen LogP contribution in [0.3, 0.4) is 0 Å². The van der Waals surface area contributed by atoms with Crippen LogP contribution in [0.2, 0.25) is 0 Å². The minimum absolute atomic E-state index is 0.359. The Balaban J connectivity index is 2.08. The third-order valence-corrected chi connectivity index (χ3v) is 5.94. The summed E-state index contributed by atoms with van der Waals surface area (Å²) in [5.74, 6) is 0.394. The highest BCUT2D eigenvalue weighted by atomic mass is 32.2. The SMILES string of the molecule is Cc1ccc(S(=O)(=O)N2CCC(C)c3ccccc32)cc1. The third-order valence-electron chi connectivity index (χ3n) is 4.11. The lowest BCUT2D eigenvalue weighted by atomic mass is 9.93. The average molecular weight is 301 g/mol. The standard InChI is InChI=1S/C17H19NO2S/c1-13-7-9-15(10-8-13)21(19,20)18-12-11-14(2)16-5-3-4-6-17(16)18/h3-10,14H,11-12H2,1-2H3. The smallest absolute Gasteiger partial charge is 0.264 e. The highest BCUT2D eigenvalue weighted by molar-refractivity contribution is 7.92. The molecule has 0 bridgehead atoms. The second-order valence-electron chi connectivity index (χ2n) is 5.64. The van der Waals surface area contributed by atoms with Crippen molar-refractivity contribution in [3.8, 4) is 0 Å². The van der Waals surface area contributed by atoms with Crippen molar-refractivity contribution in [3.05, 3.63) is 59.7 Å². The highest BCUT2D eigenvalue weighted by Gasteiger charge is 2.31. The van der Waals surface area contributed by atoms with E-state index in [1.807, 2.05) is 43.3 Å². The third kappa shape index (κ3) is 2.44. The van der Waals surface area contributed by atoms with E-state index < -0.39 is 10.0 Å². The van der Waals surface area contributed by atoms with Gasteiger partial charge in [0.05, 0.1) is 10.6 Å². The van der Waals surface area contributed by atoms with E-state index >= 15 is 0 Å². The van der Waals surface area contributed by atoms with E-state index in [1.165, 1.54) is 0 Å². The van der Waals surface area contributed by atoms with Gasteiger partial charge in [0.2, 0.25) is 0 Å². The van der Waals surface area contributed by atoms with Crippen LogP contribution in [0.4, 0.5) is 5.69 Å². The normalized spacial score (nSPS) is 18.4. The largest absolute Gasteiger partial charge is 0.266 e. The Hall–Kier alpha value is -1.81. The molecule has 0 aliphatic carbocycles. The fourth-order valence-corrected chi connectivity index (χ4v) is 4.31. The summed E-state index contributed by atoms with van der Waals surface area (Å²) in [6.45, 7) is 4.64. The van der Waals surface area contributed by atoms with Gasteiger partial charge in [0.25, 0.3) is 10.0 Å². The lowest BCUT2D eigenvalue weighted by molar-refractivity contribution is 0.578. The van der Waals surface area contributed by atoms with Crippen LogP contribution in [0.15, 0.2) is 53.4 Å². The Labute approximate surface area is 126 Å². The summed E-state index contributed by atoms with van der Waals surface area (Å²) in [5, 5.41) is 0. The Morgan fingerprint density at radius 3 is 2.43 bits per heavy atom. The monoisotopic (exact) mass is 301 g/mol. The van der Waals surface area contributed by atoms with Crippen molar-refractivity contribution in [2.45, 2.75) is 31.1 Å². The number of hydrogen-bond donors (Lipinski definition) is 0. The van der Waals surface area contributed by atoms with E-state index in [0.717, 1.165) is 23.2 Å². The molecule has 1 aliphatic heterocycles. The van der Waals surface area contributed by atoms with E-state index in [-0.39, 0.29) is 0 Å². The zero-order valence-electron chi connectivity index (χ0n) is 12.3. The molecule has 110 valence electrons. The number of benzene rings is 2. The summed E-state index contributed by atoms with van der Waals surface area (Å²) >= 11 is 0. The maximum atomic E-state index is 12.9. The molecule has 0 saturated carbocycles. The number of aryl methyl sites for hydroxylation is 1. The summed E-state index contributed by atoms with van der Waals surface area (Å²) in [7, 11) is -3.48. The molecule has 4 heteroatoms.